The second kappa shape index (κ2) is 8.64. The van der Waals surface area contributed by atoms with Gasteiger partial charge in [-0.25, -0.2) is 13.1 Å². The highest BCUT2D eigenvalue weighted by molar-refractivity contribution is 7.89. The van der Waals surface area contributed by atoms with Crippen molar-refractivity contribution >= 4 is 15.9 Å². The minimum atomic E-state index is -3.59. The fraction of sp³-hybridized carbons (Fsp3) is 0.278. The zero-order valence-electron chi connectivity index (χ0n) is 14.3. The van der Waals surface area contributed by atoms with Crippen LogP contribution in [-0.4, -0.2) is 46.0 Å². The Bertz CT molecular complexity index is 807. The summed E-state index contributed by atoms with van der Waals surface area (Å²) in [7, 11) is -1.94. The highest BCUT2D eigenvalue weighted by Gasteiger charge is 2.17. The van der Waals surface area contributed by atoms with Crippen molar-refractivity contribution in [2.45, 2.75) is 11.8 Å². The molecule has 25 heavy (non-hydrogen) atoms. The smallest absolute Gasteiger partial charge is 0.253 e. The fourth-order valence-electron chi connectivity index (χ4n) is 2.21. The monoisotopic (exact) mass is 362 g/mol. The van der Waals surface area contributed by atoms with Gasteiger partial charge < -0.3 is 9.64 Å². The van der Waals surface area contributed by atoms with Crippen LogP contribution in [0.5, 0.6) is 5.75 Å². The van der Waals surface area contributed by atoms with E-state index in [0.29, 0.717) is 18.7 Å². The van der Waals surface area contributed by atoms with Gasteiger partial charge in [-0.1, -0.05) is 31.2 Å². The van der Waals surface area contributed by atoms with E-state index in [0.717, 1.165) is 5.75 Å². The summed E-state index contributed by atoms with van der Waals surface area (Å²) in [6.45, 7) is 2.73. The topological polar surface area (TPSA) is 75.7 Å². The van der Waals surface area contributed by atoms with E-state index in [4.69, 9.17) is 4.74 Å². The number of likely N-dealkylation sites (N-methyl/N-ethyl adjacent to an activating group) is 1. The molecule has 0 bridgehead atoms. The Balaban J connectivity index is 1.99. The van der Waals surface area contributed by atoms with Crippen LogP contribution in [0.1, 0.15) is 17.3 Å². The molecule has 1 N–H and O–H groups in total. The van der Waals surface area contributed by atoms with Gasteiger partial charge in [-0.3, -0.25) is 4.79 Å². The van der Waals surface area contributed by atoms with Crippen molar-refractivity contribution in [1.82, 2.24) is 9.62 Å². The number of carbonyl (C=O) groups excluding carboxylic acids is 1. The van der Waals surface area contributed by atoms with Crippen LogP contribution in [0.2, 0.25) is 0 Å². The quantitative estimate of drug-likeness (QED) is 0.781. The van der Waals surface area contributed by atoms with E-state index in [2.05, 4.69) is 4.72 Å². The van der Waals surface area contributed by atoms with Crippen LogP contribution in [0, 0.1) is 0 Å². The van der Waals surface area contributed by atoms with Crippen molar-refractivity contribution in [2.24, 2.45) is 0 Å². The van der Waals surface area contributed by atoms with E-state index in [1.165, 1.54) is 17.0 Å². The molecule has 0 aliphatic carbocycles. The molecular weight excluding hydrogens is 340 g/mol. The minimum Gasteiger partial charge on any atom is -0.492 e. The Morgan fingerprint density at radius 2 is 1.84 bits per heavy atom. The minimum absolute atomic E-state index is 0.0779. The maximum Gasteiger partial charge on any atom is 0.253 e. The molecule has 0 spiro atoms. The first-order valence-electron chi connectivity index (χ1n) is 7.97. The summed E-state index contributed by atoms with van der Waals surface area (Å²) in [6.07, 6.45) is 0. The van der Waals surface area contributed by atoms with Crippen LogP contribution in [0.3, 0.4) is 0 Å². The molecule has 2 aromatic rings. The molecule has 0 unspecified atom stereocenters. The summed E-state index contributed by atoms with van der Waals surface area (Å²) in [4.78, 5) is 14.1. The molecular formula is C18H22N2O4S. The van der Waals surface area contributed by atoms with Gasteiger partial charge in [-0.15, -0.1) is 0 Å². The lowest BCUT2D eigenvalue weighted by molar-refractivity contribution is 0.0773. The molecule has 0 aliphatic heterocycles. The van der Waals surface area contributed by atoms with Crippen LogP contribution >= 0.6 is 0 Å². The van der Waals surface area contributed by atoms with Gasteiger partial charge in [0.05, 0.1) is 11.4 Å². The first kappa shape index (κ1) is 19.0. The van der Waals surface area contributed by atoms with Crippen molar-refractivity contribution in [2.75, 3.05) is 26.7 Å². The van der Waals surface area contributed by atoms with Crippen LogP contribution in [0.4, 0.5) is 0 Å². The normalized spacial score (nSPS) is 11.1. The number of benzene rings is 2. The van der Waals surface area contributed by atoms with E-state index >= 15 is 0 Å². The summed E-state index contributed by atoms with van der Waals surface area (Å²) >= 11 is 0. The van der Waals surface area contributed by atoms with E-state index < -0.39 is 10.0 Å². The van der Waals surface area contributed by atoms with Crippen molar-refractivity contribution in [3.05, 3.63) is 60.2 Å². The average Bonchev–Trinajstić information content (AvgIpc) is 2.62. The van der Waals surface area contributed by atoms with E-state index in [-0.39, 0.29) is 17.3 Å². The number of carbonyl (C=O) groups is 1. The van der Waals surface area contributed by atoms with Gasteiger partial charge in [-0.2, -0.15) is 0 Å². The van der Waals surface area contributed by atoms with E-state index in [1.807, 2.05) is 30.3 Å². The number of ether oxygens (including phenoxy) is 1. The number of hydrogen-bond donors (Lipinski definition) is 1. The third-order valence-electron chi connectivity index (χ3n) is 3.51. The molecule has 2 aromatic carbocycles. The second-order valence-corrected chi connectivity index (χ2v) is 7.18. The zero-order valence-corrected chi connectivity index (χ0v) is 15.1. The Hall–Kier alpha value is -2.38. The van der Waals surface area contributed by atoms with Crippen molar-refractivity contribution in [3.63, 3.8) is 0 Å². The number of para-hydroxylation sites is 1. The van der Waals surface area contributed by atoms with E-state index in [9.17, 15) is 13.2 Å². The summed E-state index contributed by atoms with van der Waals surface area (Å²) in [6, 6.07) is 15.3. The second-order valence-electron chi connectivity index (χ2n) is 5.42. The average molecular weight is 362 g/mol. The fourth-order valence-corrected chi connectivity index (χ4v) is 3.30. The Morgan fingerprint density at radius 3 is 2.52 bits per heavy atom. The Morgan fingerprint density at radius 1 is 1.12 bits per heavy atom. The highest BCUT2D eigenvalue weighted by Crippen LogP contribution is 2.13. The molecule has 0 saturated heterocycles. The van der Waals surface area contributed by atoms with Gasteiger partial charge in [0.25, 0.3) is 5.91 Å². The third-order valence-corrected chi connectivity index (χ3v) is 5.05. The molecule has 0 atom stereocenters. The van der Waals surface area contributed by atoms with Crippen LogP contribution in [0.25, 0.3) is 0 Å². The largest absolute Gasteiger partial charge is 0.492 e. The molecule has 0 fully saturated rings. The van der Waals surface area contributed by atoms with E-state index in [1.54, 1.807) is 26.1 Å². The van der Waals surface area contributed by atoms with Gasteiger partial charge in [0.15, 0.2) is 0 Å². The van der Waals surface area contributed by atoms with Crippen molar-refractivity contribution in [3.8, 4) is 5.75 Å². The predicted molar refractivity (Wildman–Crippen MR) is 96.2 cm³/mol. The standard InChI is InChI=1S/C18H22N2O4S/c1-3-19-25(22,23)17-11-7-8-15(14-17)18(21)20(2)12-13-24-16-9-5-4-6-10-16/h4-11,14,19H,3,12-13H2,1-2H3. The highest BCUT2D eigenvalue weighted by atomic mass is 32.2. The first-order chi connectivity index (χ1) is 11.9. The number of amides is 1. The number of hydrogen-bond acceptors (Lipinski definition) is 4. The van der Waals surface area contributed by atoms with Crippen molar-refractivity contribution < 1.29 is 17.9 Å². The molecule has 0 aromatic heterocycles. The molecule has 134 valence electrons. The summed E-state index contributed by atoms with van der Waals surface area (Å²) in [5.41, 5.74) is 0.321. The van der Waals surface area contributed by atoms with Gasteiger partial charge in [0.1, 0.15) is 12.4 Å². The number of rotatable bonds is 8. The van der Waals surface area contributed by atoms with Gasteiger partial charge in [0, 0.05) is 19.2 Å². The van der Waals surface area contributed by atoms with Gasteiger partial charge in [-0.05, 0) is 30.3 Å². The van der Waals surface area contributed by atoms with Crippen molar-refractivity contribution in [1.29, 1.82) is 0 Å². The summed E-state index contributed by atoms with van der Waals surface area (Å²) in [5.74, 6) is 0.479. The summed E-state index contributed by atoms with van der Waals surface area (Å²) < 4.78 is 32.1. The van der Waals surface area contributed by atoms with Crippen LogP contribution < -0.4 is 9.46 Å². The zero-order chi connectivity index (χ0) is 18.3. The predicted octanol–water partition coefficient (Wildman–Crippen LogP) is 2.14. The lowest BCUT2D eigenvalue weighted by Gasteiger charge is -2.18. The van der Waals surface area contributed by atoms with Crippen LogP contribution in [0.15, 0.2) is 59.5 Å². The number of nitrogens with zero attached hydrogens (tertiary/aromatic N) is 1. The third kappa shape index (κ3) is 5.30. The molecule has 6 nitrogen and oxygen atoms in total. The lowest BCUT2D eigenvalue weighted by Crippen LogP contribution is -2.31. The molecule has 2 rings (SSSR count). The molecule has 7 heteroatoms. The molecule has 0 saturated carbocycles. The molecule has 1 amide bonds. The van der Waals surface area contributed by atoms with Gasteiger partial charge >= 0.3 is 0 Å². The Labute approximate surface area is 148 Å². The summed E-state index contributed by atoms with van der Waals surface area (Å²) in [5, 5.41) is 0. The molecule has 0 aliphatic rings. The molecule has 0 radical (unpaired) electrons. The lowest BCUT2D eigenvalue weighted by atomic mass is 10.2. The number of nitrogens with one attached hydrogen (secondary N) is 1. The van der Waals surface area contributed by atoms with Gasteiger partial charge in [0.2, 0.25) is 10.0 Å². The first-order valence-corrected chi connectivity index (χ1v) is 9.45. The molecule has 0 heterocycles. The SMILES string of the molecule is CCNS(=O)(=O)c1cccc(C(=O)N(C)CCOc2ccccc2)c1. The number of sulfonamides is 1. The Kier molecular flexibility index (Phi) is 6.55. The maximum absolute atomic E-state index is 12.5. The maximum atomic E-state index is 12.5. The van der Waals surface area contributed by atoms with Crippen LogP contribution in [-0.2, 0) is 10.0 Å².